The zero-order valence-electron chi connectivity index (χ0n) is 14.9. The lowest BCUT2D eigenvalue weighted by molar-refractivity contribution is 0.0285. The molecule has 28 heavy (non-hydrogen) atoms. The van der Waals surface area contributed by atoms with Crippen LogP contribution in [0.2, 0.25) is 0 Å². The van der Waals surface area contributed by atoms with Gasteiger partial charge in [0.1, 0.15) is 16.5 Å². The van der Waals surface area contributed by atoms with Crippen LogP contribution in [0.5, 0.6) is 0 Å². The molecule has 0 bridgehead atoms. The van der Waals surface area contributed by atoms with Crippen molar-refractivity contribution in [1.29, 1.82) is 0 Å². The minimum atomic E-state index is -0.802. The van der Waals surface area contributed by atoms with Crippen molar-refractivity contribution in [2.75, 3.05) is 0 Å². The highest BCUT2D eigenvalue weighted by molar-refractivity contribution is 7.21. The average Bonchev–Trinajstić information content (AvgIpc) is 3.28. The van der Waals surface area contributed by atoms with Gasteiger partial charge in [0.25, 0.3) is 5.89 Å². The van der Waals surface area contributed by atoms with E-state index in [9.17, 15) is 13.6 Å². The molecule has 1 atom stereocenters. The van der Waals surface area contributed by atoms with E-state index in [1.807, 2.05) is 0 Å². The van der Waals surface area contributed by atoms with E-state index < -0.39 is 12.1 Å². The number of aryl methyl sites for hydroxylation is 1. The summed E-state index contributed by atoms with van der Waals surface area (Å²) < 4.78 is 38.7. The van der Waals surface area contributed by atoms with Gasteiger partial charge in [-0.1, -0.05) is 6.07 Å². The molecule has 5 nitrogen and oxygen atoms in total. The molecule has 0 aliphatic rings. The lowest BCUT2D eigenvalue weighted by Gasteiger charge is -2.08. The standard InChI is InChI=1S/C20H14F2N2O3S/c1-10-16-14(22)4-3-5-15(16)28-17(10)20(25)26-11(2)18-23-24-19(27-18)12-6-8-13(21)9-7-12/h3-9,11H,1-2H3/t11-/m0/s1. The van der Waals surface area contributed by atoms with Gasteiger partial charge in [-0.05, 0) is 55.8 Å². The van der Waals surface area contributed by atoms with E-state index in [-0.39, 0.29) is 23.4 Å². The molecule has 0 amide bonds. The van der Waals surface area contributed by atoms with Crippen LogP contribution in [0.15, 0.2) is 46.9 Å². The number of carbonyl (C=O) groups excluding carboxylic acids is 1. The Kier molecular flexibility index (Phi) is 4.64. The largest absolute Gasteiger partial charge is 0.448 e. The van der Waals surface area contributed by atoms with Crippen LogP contribution in [0.3, 0.4) is 0 Å². The van der Waals surface area contributed by atoms with Crippen LogP contribution < -0.4 is 0 Å². The number of carbonyl (C=O) groups is 1. The summed E-state index contributed by atoms with van der Waals surface area (Å²) in [5.74, 6) is -1.04. The van der Waals surface area contributed by atoms with Gasteiger partial charge in [0.05, 0.1) is 0 Å². The van der Waals surface area contributed by atoms with Crippen molar-refractivity contribution in [1.82, 2.24) is 10.2 Å². The summed E-state index contributed by atoms with van der Waals surface area (Å²) in [5.41, 5.74) is 1.09. The second-order valence-electron chi connectivity index (χ2n) is 6.17. The van der Waals surface area contributed by atoms with Crippen LogP contribution in [0.4, 0.5) is 8.78 Å². The first-order valence-electron chi connectivity index (χ1n) is 8.42. The molecule has 4 aromatic rings. The highest BCUT2D eigenvalue weighted by atomic mass is 32.1. The third-order valence-corrected chi connectivity index (χ3v) is 5.49. The zero-order valence-corrected chi connectivity index (χ0v) is 15.7. The van der Waals surface area contributed by atoms with Crippen molar-refractivity contribution in [3.63, 3.8) is 0 Å². The van der Waals surface area contributed by atoms with E-state index in [0.29, 0.717) is 26.1 Å². The van der Waals surface area contributed by atoms with Gasteiger partial charge in [0, 0.05) is 15.6 Å². The number of halogens is 2. The first kappa shape index (κ1) is 18.2. The Morgan fingerprint density at radius 3 is 2.61 bits per heavy atom. The molecule has 142 valence electrons. The summed E-state index contributed by atoms with van der Waals surface area (Å²) in [7, 11) is 0. The fourth-order valence-corrected chi connectivity index (χ4v) is 3.93. The number of ether oxygens (including phenoxy) is 1. The second-order valence-corrected chi connectivity index (χ2v) is 7.22. The average molecular weight is 400 g/mol. The van der Waals surface area contributed by atoms with Crippen molar-refractivity contribution in [3.8, 4) is 11.5 Å². The van der Waals surface area contributed by atoms with E-state index in [2.05, 4.69) is 10.2 Å². The van der Waals surface area contributed by atoms with Crippen LogP contribution >= 0.6 is 11.3 Å². The molecule has 0 spiro atoms. The Morgan fingerprint density at radius 2 is 1.89 bits per heavy atom. The van der Waals surface area contributed by atoms with Crippen LogP contribution in [0.25, 0.3) is 21.5 Å². The highest BCUT2D eigenvalue weighted by Crippen LogP contribution is 2.34. The molecule has 0 aliphatic heterocycles. The Balaban J connectivity index is 1.55. The summed E-state index contributed by atoms with van der Waals surface area (Å²) in [5, 5.41) is 8.22. The molecule has 4 rings (SSSR count). The number of hydrogen-bond donors (Lipinski definition) is 0. The maximum Gasteiger partial charge on any atom is 0.349 e. The van der Waals surface area contributed by atoms with Gasteiger partial charge in [-0.25, -0.2) is 13.6 Å². The van der Waals surface area contributed by atoms with Crippen LogP contribution in [-0.2, 0) is 4.74 Å². The topological polar surface area (TPSA) is 65.2 Å². The zero-order chi connectivity index (χ0) is 19.8. The number of rotatable bonds is 4. The second kappa shape index (κ2) is 7.12. The molecule has 0 saturated heterocycles. The minimum absolute atomic E-state index is 0.109. The number of thiophene rings is 1. The Hall–Kier alpha value is -3.13. The van der Waals surface area contributed by atoms with Gasteiger partial charge in [-0.2, -0.15) is 0 Å². The summed E-state index contributed by atoms with van der Waals surface area (Å²) >= 11 is 1.17. The monoisotopic (exact) mass is 400 g/mol. The lowest BCUT2D eigenvalue weighted by atomic mass is 10.1. The molecule has 0 radical (unpaired) electrons. The van der Waals surface area contributed by atoms with Gasteiger partial charge in [-0.15, -0.1) is 21.5 Å². The highest BCUT2D eigenvalue weighted by Gasteiger charge is 2.24. The van der Waals surface area contributed by atoms with Crippen LogP contribution in [-0.4, -0.2) is 16.2 Å². The minimum Gasteiger partial charge on any atom is -0.448 e. The van der Waals surface area contributed by atoms with Gasteiger partial charge >= 0.3 is 5.97 Å². The molecule has 2 aromatic heterocycles. The van der Waals surface area contributed by atoms with Gasteiger partial charge in [0.15, 0.2) is 6.10 Å². The normalized spacial score (nSPS) is 12.3. The predicted molar refractivity (Wildman–Crippen MR) is 100 cm³/mol. The molecule has 0 saturated carbocycles. The van der Waals surface area contributed by atoms with E-state index in [4.69, 9.17) is 9.15 Å². The van der Waals surface area contributed by atoms with Crippen molar-refractivity contribution >= 4 is 27.4 Å². The van der Waals surface area contributed by atoms with Gasteiger partial charge in [-0.3, -0.25) is 0 Å². The van der Waals surface area contributed by atoms with Crippen molar-refractivity contribution in [3.05, 3.63) is 70.4 Å². The number of fused-ring (bicyclic) bond motifs is 1. The lowest BCUT2D eigenvalue weighted by Crippen LogP contribution is -2.09. The van der Waals surface area contributed by atoms with E-state index >= 15 is 0 Å². The third-order valence-electron chi connectivity index (χ3n) is 4.25. The van der Waals surface area contributed by atoms with Crippen molar-refractivity contribution in [2.45, 2.75) is 20.0 Å². The van der Waals surface area contributed by atoms with Crippen molar-refractivity contribution < 1.29 is 22.7 Å². The molecule has 0 unspecified atom stereocenters. The van der Waals surface area contributed by atoms with Crippen LogP contribution in [0, 0.1) is 18.6 Å². The first-order valence-corrected chi connectivity index (χ1v) is 9.23. The SMILES string of the molecule is Cc1c(C(=O)O[C@@H](C)c2nnc(-c3ccc(F)cc3)o2)sc2cccc(F)c12. The molecular weight excluding hydrogens is 386 g/mol. The van der Waals surface area contributed by atoms with E-state index in [0.717, 1.165) is 0 Å². The molecule has 0 fully saturated rings. The van der Waals surface area contributed by atoms with Crippen LogP contribution in [0.1, 0.15) is 34.2 Å². The molecular formula is C20H14F2N2O3S. The number of esters is 1. The predicted octanol–water partition coefficient (Wildman–Crippen LogP) is 5.46. The van der Waals surface area contributed by atoms with Crippen molar-refractivity contribution in [2.24, 2.45) is 0 Å². The Labute approximate surface area is 162 Å². The Bertz CT molecular complexity index is 1170. The maximum atomic E-state index is 14.0. The molecule has 2 heterocycles. The molecule has 8 heteroatoms. The number of nitrogens with zero attached hydrogens (tertiary/aromatic N) is 2. The molecule has 0 aliphatic carbocycles. The molecule has 2 aromatic carbocycles. The number of benzene rings is 2. The maximum absolute atomic E-state index is 14.0. The van der Waals surface area contributed by atoms with E-state index in [1.165, 1.54) is 41.7 Å². The Morgan fingerprint density at radius 1 is 1.14 bits per heavy atom. The summed E-state index contributed by atoms with van der Waals surface area (Å²) in [4.78, 5) is 12.9. The smallest absolute Gasteiger partial charge is 0.349 e. The van der Waals surface area contributed by atoms with Gasteiger partial charge in [0.2, 0.25) is 5.89 Å². The number of hydrogen-bond acceptors (Lipinski definition) is 6. The first-order chi connectivity index (χ1) is 13.4. The third kappa shape index (κ3) is 3.27. The van der Waals surface area contributed by atoms with Gasteiger partial charge < -0.3 is 9.15 Å². The quantitative estimate of drug-likeness (QED) is 0.426. The number of aromatic nitrogens is 2. The summed E-state index contributed by atoms with van der Waals surface area (Å²) in [6.45, 7) is 3.28. The molecule has 0 N–H and O–H groups in total. The van der Waals surface area contributed by atoms with E-state index in [1.54, 1.807) is 26.0 Å². The summed E-state index contributed by atoms with van der Waals surface area (Å²) in [6, 6.07) is 10.3. The fourth-order valence-electron chi connectivity index (χ4n) is 2.82. The fraction of sp³-hybridized carbons (Fsp3) is 0.150. The summed E-state index contributed by atoms with van der Waals surface area (Å²) in [6.07, 6.45) is -0.802.